The summed E-state index contributed by atoms with van der Waals surface area (Å²) in [7, 11) is 0. The van der Waals surface area contributed by atoms with Gasteiger partial charge in [0, 0.05) is 5.56 Å². The van der Waals surface area contributed by atoms with E-state index in [4.69, 9.17) is 14.6 Å². The number of alkyl halides is 1. The first-order valence-electron chi connectivity index (χ1n) is 10.3. The molecule has 2 aliphatic carbocycles. The van der Waals surface area contributed by atoms with Gasteiger partial charge in [-0.25, -0.2) is 4.39 Å². The molecule has 1 N–H and O–H groups in total. The quantitative estimate of drug-likeness (QED) is 0.635. The number of rotatable bonds is 8. The molecule has 3 nitrogen and oxygen atoms in total. The van der Waals surface area contributed by atoms with Crippen molar-refractivity contribution in [3.05, 3.63) is 35.4 Å². The van der Waals surface area contributed by atoms with Crippen LogP contribution in [0.15, 0.2) is 24.3 Å². The molecule has 2 saturated carbocycles. The Morgan fingerprint density at radius 2 is 1.58 bits per heavy atom. The second-order valence-electron chi connectivity index (χ2n) is 7.90. The standard InChI is InChI=1S/C22H33FO3/c23-22(20-8-6-17(7-9-20)16-25-15-14-24)26-21-12-10-19(11-13-21)18-4-2-1-3-5-18/h6-9,18-19,21-22,24H,1-5,10-16H2. The van der Waals surface area contributed by atoms with E-state index in [1.54, 1.807) is 12.1 Å². The van der Waals surface area contributed by atoms with E-state index in [0.717, 1.165) is 30.2 Å². The van der Waals surface area contributed by atoms with Crippen molar-refractivity contribution in [2.75, 3.05) is 13.2 Å². The van der Waals surface area contributed by atoms with Crippen molar-refractivity contribution in [2.45, 2.75) is 76.9 Å². The van der Waals surface area contributed by atoms with Gasteiger partial charge in [-0.05, 0) is 43.1 Å². The summed E-state index contributed by atoms with van der Waals surface area (Å²) in [6.07, 6.45) is 10.1. The minimum atomic E-state index is -1.35. The highest BCUT2D eigenvalue weighted by Gasteiger charge is 2.30. The molecule has 2 fully saturated rings. The van der Waals surface area contributed by atoms with Crippen molar-refractivity contribution < 1.29 is 19.0 Å². The van der Waals surface area contributed by atoms with E-state index in [9.17, 15) is 4.39 Å². The van der Waals surface area contributed by atoms with Crippen LogP contribution in [0, 0.1) is 11.8 Å². The van der Waals surface area contributed by atoms with Crippen molar-refractivity contribution in [3.8, 4) is 0 Å². The normalized spacial score (nSPS) is 25.9. The van der Waals surface area contributed by atoms with E-state index >= 15 is 0 Å². The van der Waals surface area contributed by atoms with Crippen LogP contribution < -0.4 is 0 Å². The molecule has 2 aliphatic rings. The summed E-state index contributed by atoms with van der Waals surface area (Å²) in [5, 5.41) is 8.72. The molecule has 146 valence electrons. The van der Waals surface area contributed by atoms with Gasteiger partial charge < -0.3 is 14.6 Å². The third-order valence-corrected chi connectivity index (χ3v) is 6.09. The van der Waals surface area contributed by atoms with E-state index in [-0.39, 0.29) is 12.7 Å². The van der Waals surface area contributed by atoms with E-state index in [1.807, 2.05) is 12.1 Å². The molecule has 4 heteroatoms. The molecule has 0 spiro atoms. The van der Waals surface area contributed by atoms with Gasteiger partial charge in [0.05, 0.1) is 25.9 Å². The number of hydrogen-bond acceptors (Lipinski definition) is 3. The second kappa shape index (κ2) is 10.4. The van der Waals surface area contributed by atoms with Crippen molar-refractivity contribution >= 4 is 0 Å². The lowest BCUT2D eigenvalue weighted by Gasteiger charge is -2.36. The first kappa shape index (κ1) is 19.8. The number of aliphatic hydroxyl groups excluding tert-OH is 1. The van der Waals surface area contributed by atoms with Crippen molar-refractivity contribution in [1.82, 2.24) is 0 Å². The minimum absolute atomic E-state index is 0.0153. The van der Waals surface area contributed by atoms with Gasteiger partial charge in [-0.3, -0.25) is 0 Å². The van der Waals surface area contributed by atoms with Gasteiger partial charge in [-0.1, -0.05) is 56.4 Å². The predicted molar refractivity (Wildman–Crippen MR) is 100 cm³/mol. The Balaban J connectivity index is 1.41. The molecule has 1 aromatic rings. The summed E-state index contributed by atoms with van der Waals surface area (Å²) in [6, 6.07) is 7.27. The molecule has 0 amide bonds. The summed E-state index contributed by atoms with van der Waals surface area (Å²) in [6.45, 7) is 0.769. The van der Waals surface area contributed by atoms with Crippen molar-refractivity contribution in [2.24, 2.45) is 11.8 Å². The van der Waals surface area contributed by atoms with Crippen molar-refractivity contribution in [3.63, 3.8) is 0 Å². The van der Waals surface area contributed by atoms with Gasteiger partial charge in [0.25, 0.3) is 0 Å². The van der Waals surface area contributed by atoms with Crippen LogP contribution in [-0.4, -0.2) is 24.4 Å². The molecule has 1 aromatic carbocycles. The van der Waals surface area contributed by atoms with Crippen LogP contribution >= 0.6 is 0 Å². The molecule has 0 heterocycles. The second-order valence-corrected chi connectivity index (χ2v) is 7.90. The first-order chi connectivity index (χ1) is 12.8. The third-order valence-electron chi connectivity index (χ3n) is 6.09. The maximum Gasteiger partial charge on any atom is 0.225 e. The van der Waals surface area contributed by atoms with Gasteiger partial charge in [-0.2, -0.15) is 0 Å². The number of ether oxygens (including phenoxy) is 2. The van der Waals surface area contributed by atoms with Gasteiger partial charge in [0.2, 0.25) is 6.36 Å². The number of halogens is 1. The molecule has 1 atom stereocenters. The van der Waals surface area contributed by atoms with Gasteiger partial charge in [0.15, 0.2) is 0 Å². The molecule has 3 rings (SSSR count). The molecule has 0 bridgehead atoms. The van der Waals surface area contributed by atoms with Crippen LogP contribution in [0.1, 0.15) is 75.3 Å². The highest BCUT2D eigenvalue weighted by Crippen LogP contribution is 2.39. The fourth-order valence-electron chi connectivity index (χ4n) is 4.57. The zero-order valence-corrected chi connectivity index (χ0v) is 15.7. The molecule has 26 heavy (non-hydrogen) atoms. The summed E-state index contributed by atoms with van der Waals surface area (Å²) in [5.74, 6) is 1.75. The fourth-order valence-corrected chi connectivity index (χ4v) is 4.57. The average Bonchev–Trinajstić information content (AvgIpc) is 2.70. The highest BCUT2D eigenvalue weighted by molar-refractivity contribution is 5.22. The molecule has 0 saturated heterocycles. The Labute approximate surface area is 156 Å². The molecule has 1 unspecified atom stereocenters. The number of aliphatic hydroxyl groups is 1. The van der Waals surface area contributed by atoms with Crippen LogP contribution in [0.4, 0.5) is 4.39 Å². The maximum absolute atomic E-state index is 14.5. The van der Waals surface area contributed by atoms with E-state index in [0.29, 0.717) is 18.8 Å². The molecular formula is C22H33FO3. The summed E-state index contributed by atoms with van der Waals surface area (Å²) < 4.78 is 25.5. The zero-order valence-electron chi connectivity index (χ0n) is 15.7. The monoisotopic (exact) mass is 364 g/mol. The minimum Gasteiger partial charge on any atom is -0.394 e. The van der Waals surface area contributed by atoms with Crippen LogP contribution in [-0.2, 0) is 16.1 Å². The zero-order chi connectivity index (χ0) is 18.2. The fraction of sp³-hybridized carbons (Fsp3) is 0.727. The molecule has 0 aliphatic heterocycles. The van der Waals surface area contributed by atoms with Gasteiger partial charge >= 0.3 is 0 Å². The van der Waals surface area contributed by atoms with E-state index in [1.165, 1.54) is 44.9 Å². The maximum atomic E-state index is 14.5. The third kappa shape index (κ3) is 5.77. The molecule has 0 radical (unpaired) electrons. The molecular weight excluding hydrogens is 331 g/mol. The SMILES string of the molecule is OCCOCc1ccc(C(F)OC2CCC(C3CCCCC3)CC2)cc1. The molecule has 0 aromatic heterocycles. The largest absolute Gasteiger partial charge is 0.394 e. The topological polar surface area (TPSA) is 38.7 Å². The lowest BCUT2D eigenvalue weighted by atomic mass is 9.73. The van der Waals surface area contributed by atoms with Crippen LogP contribution in [0.25, 0.3) is 0 Å². The van der Waals surface area contributed by atoms with Crippen LogP contribution in [0.3, 0.4) is 0 Å². The Morgan fingerprint density at radius 3 is 2.23 bits per heavy atom. The lowest BCUT2D eigenvalue weighted by molar-refractivity contribution is -0.106. The van der Waals surface area contributed by atoms with E-state index in [2.05, 4.69) is 0 Å². The number of benzene rings is 1. The Morgan fingerprint density at radius 1 is 0.923 bits per heavy atom. The van der Waals surface area contributed by atoms with Crippen LogP contribution in [0.2, 0.25) is 0 Å². The van der Waals surface area contributed by atoms with Crippen LogP contribution in [0.5, 0.6) is 0 Å². The number of hydrogen-bond donors (Lipinski definition) is 1. The Bertz CT molecular complexity index is 505. The van der Waals surface area contributed by atoms with Gasteiger partial charge in [0.1, 0.15) is 0 Å². The predicted octanol–water partition coefficient (Wildman–Crippen LogP) is 5.32. The summed E-state index contributed by atoms with van der Waals surface area (Å²) in [5.41, 5.74) is 1.55. The van der Waals surface area contributed by atoms with Crippen molar-refractivity contribution in [1.29, 1.82) is 0 Å². The summed E-state index contributed by atoms with van der Waals surface area (Å²) >= 11 is 0. The smallest absolute Gasteiger partial charge is 0.225 e. The summed E-state index contributed by atoms with van der Waals surface area (Å²) in [4.78, 5) is 0. The lowest BCUT2D eigenvalue weighted by Crippen LogP contribution is -2.27. The highest BCUT2D eigenvalue weighted by atomic mass is 19.1. The van der Waals surface area contributed by atoms with E-state index < -0.39 is 6.36 Å². The Kier molecular flexibility index (Phi) is 7.90. The Hall–Kier alpha value is -0.970. The average molecular weight is 365 g/mol. The van der Waals surface area contributed by atoms with Gasteiger partial charge in [-0.15, -0.1) is 0 Å². The first-order valence-corrected chi connectivity index (χ1v) is 10.3.